The van der Waals surface area contributed by atoms with Gasteiger partial charge in [0.1, 0.15) is 13.2 Å². The summed E-state index contributed by atoms with van der Waals surface area (Å²) in [6.07, 6.45) is 6.25. The molecule has 7 nitrogen and oxygen atoms in total. The first kappa shape index (κ1) is 19.4. The van der Waals surface area contributed by atoms with Crippen LogP contribution in [0.3, 0.4) is 0 Å². The molecule has 0 radical (unpaired) electrons. The Hall–Kier alpha value is -1.63. The van der Waals surface area contributed by atoms with Gasteiger partial charge in [0, 0.05) is 20.0 Å². The van der Waals surface area contributed by atoms with Crippen LogP contribution in [-0.4, -0.2) is 49.2 Å². The van der Waals surface area contributed by atoms with E-state index in [1.807, 2.05) is 0 Å². The molecule has 0 aliphatic rings. The molecule has 0 bridgehead atoms. The van der Waals surface area contributed by atoms with E-state index in [-0.39, 0.29) is 18.4 Å². The van der Waals surface area contributed by atoms with E-state index in [9.17, 15) is 14.4 Å². The van der Waals surface area contributed by atoms with Crippen LogP contribution in [0.2, 0.25) is 0 Å². The number of carbonyl (C=O) groups is 3. The maximum Gasteiger partial charge on any atom is 0.329 e. The Balaban J connectivity index is 3.19. The van der Waals surface area contributed by atoms with Crippen molar-refractivity contribution in [3.05, 3.63) is 0 Å². The zero-order valence-corrected chi connectivity index (χ0v) is 12.7. The first-order valence-electron chi connectivity index (χ1n) is 7.33. The molecule has 7 heteroatoms. The highest BCUT2D eigenvalue weighted by Gasteiger charge is 2.02. The number of carboxylic acids is 1. The average molecular weight is 302 g/mol. The summed E-state index contributed by atoms with van der Waals surface area (Å²) in [5.74, 6) is -1.36. The predicted octanol–water partition coefficient (Wildman–Crippen LogP) is 0.681. The molecule has 0 rings (SSSR count). The van der Waals surface area contributed by atoms with Gasteiger partial charge in [-0.3, -0.25) is 9.59 Å². The van der Waals surface area contributed by atoms with Gasteiger partial charge in [-0.2, -0.15) is 0 Å². The number of ether oxygens (including phenoxy) is 1. The van der Waals surface area contributed by atoms with E-state index < -0.39 is 12.6 Å². The maximum absolute atomic E-state index is 11.2. The summed E-state index contributed by atoms with van der Waals surface area (Å²) < 4.78 is 4.67. The largest absolute Gasteiger partial charge is 0.480 e. The molecule has 0 aromatic rings. The van der Waals surface area contributed by atoms with Crippen LogP contribution in [0.15, 0.2) is 0 Å². The van der Waals surface area contributed by atoms with E-state index in [2.05, 4.69) is 15.4 Å². The molecule has 0 saturated carbocycles. The van der Waals surface area contributed by atoms with Crippen LogP contribution >= 0.6 is 0 Å². The molecule has 3 N–H and O–H groups in total. The van der Waals surface area contributed by atoms with E-state index in [1.165, 1.54) is 6.92 Å². The van der Waals surface area contributed by atoms with Crippen LogP contribution in [0.5, 0.6) is 0 Å². The van der Waals surface area contributed by atoms with Crippen molar-refractivity contribution in [2.24, 2.45) is 0 Å². The molecular weight excluding hydrogens is 276 g/mol. The first-order chi connectivity index (χ1) is 10.0. The van der Waals surface area contributed by atoms with Crippen molar-refractivity contribution in [2.75, 3.05) is 26.3 Å². The van der Waals surface area contributed by atoms with Crippen molar-refractivity contribution in [1.82, 2.24) is 10.6 Å². The van der Waals surface area contributed by atoms with Crippen molar-refractivity contribution in [3.63, 3.8) is 0 Å². The first-order valence-corrected chi connectivity index (χ1v) is 7.33. The third-order valence-electron chi connectivity index (χ3n) is 2.76. The Bertz CT molecular complexity index is 320. The van der Waals surface area contributed by atoms with Crippen LogP contribution in [0.1, 0.15) is 45.4 Å². The zero-order chi connectivity index (χ0) is 15.9. The fourth-order valence-corrected chi connectivity index (χ4v) is 1.73. The number of unbranched alkanes of at least 4 members (excludes halogenated alkanes) is 5. The quantitative estimate of drug-likeness (QED) is 0.434. The van der Waals surface area contributed by atoms with Crippen LogP contribution < -0.4 is 10.6 Å². The lowest BCUT2D eigenvalue weighted by atomic mass is 10.1. The smallest absolute Gasteiger partial charge is 0.329 e. The molecule has 2 amide bonds. The molecule has 21 heavy (non-hydrogen) atoms. The number of carbonyl (C=O) groups excluding carboxylic acids is 2. The average Bonchev–Trinajstić information content (AvgIpc) is 2.40. The van der Waals surface area contributed by atoms with E-state index in [4.69, 9.17) is 5.11 Å². The van der Waals surface area contributed by atoms with Gasteiger partial charge in [-0.25, -0.2) is 4.79 Å². The summed E-state index contributed by atoms with van der Waals surface area (Å²) in [6, 6.07) is 0. The fourth-order valence-electron chi connectivity index (χ4n) is 1.73. The van der Waals surface area contributed by atoms with Gasteiger partial charge in [0.05, 0.1) is 0 Å². The normalized spacial score (nSPS) is 10.1. The lowest BCUT2D eigenvalue weighted by Crippen LogP contribution is -2.29. The molecule has 0 spiro atoms. The van der Waals surface area contributed by atoms with Gasteiger partial charge in [-0.05, 0) is 12.8 Å². The minimum absolute atomic E-state index is 0.0121. The molecule has 0 unspecified atom stereocenters. The topological polar surface area (TPSA) is 105 Å². The Kier molecular flexibility index (Phi) is 12.3. The van der Waals surface area contributed by atoms with Crippen molar-refractivity contribution >= 4 is 17.8 Å². The Morgan fingerprint density at radius 1 is 0.857 bits per heavy atom. The van der Waals surface area contributed by atoms with E-state index in [1.54, 1.807) is 0 Å². The summed E-state index contributed by atoms with van der Waals surface area (Å²) in [5, 5.41) is 13.8. The highest BCUT2D eigenvalue weighted by atomic mass is 16.5. The minimum Gasteiger partial charge on any atom is -0.480 e. The summed E-state index contributed by atoms with van der Waals surface area (Å²) >= 11 is 0. The molecule has 0 aliphatic heterocycles. The molecule has 0 heterocycles. The molecular formula is C14H26N2O5. The second-order valence-corrected chi connectivity index (χ2v) is 4.84. The van der Waals surface area contributed by atoms with Gasteiger partial charge in [0.15, 0.2) is 0 Å². The Morgan fingerprint density at radius 2 is 1.38 bits per heavy atom. The monoisotopic (exact) mass is 302 g/mol. The van der Waals surface area contributed by atoms with E-state index >= 15 is 0 Å². The van der Waals surface area contributed by atoms with Crippen LogP contribution in [0.25, 0.3) is 0 Å². The molecule has 0 atom stereocenters. The number of aliphatic carboxylic acids is 1. The summed E-state index contributed by atoms with van der Waals surface area (Å²) in [4.78, 5) is 32.0. The van der Waals surface area contributed by atoms with Crippen molar-refractivity contribution in [1.29, 1.82) is 0 Å². The molecule has 0 aromatic heterocycles. The minimum atomic E-state index is -1.08. The number of amides is 2. The van der Waals surface area contributed by atoms with Gasteiger partial charge >= 0.3 is 5.97 Å². The summed E-state index contributed by atoms with van der Waals surface area (Å²) in [5.41, 5.74) is 0. The van der Waals surface area contributed by atoms with Gasteiger partial charge < -0.3 is 20.5 Å². The molecule has 0 aliphatic carbocycles. The maximum atomic E-state index is 11.2. The number of hydrogen-bond donors (Lipinski definition) is 3. The highest BCUT2D eigenvalue weighted by Crippen LogP contribution is 2.04. The number of rotatable bonds is 13. The van der Waals surface area contributed by atoms with E-state index in [0.717, 1.165) is 45.1 Å². The Morgan fingerprint density at radius 3 is 1.90 bits per heavy atom. The van der Waals surface area contributed by atoms with Crippen LogP contribution in [-0.2, 0) is 19.1 Å². The third kappa shape index (κ3) is 16.3. The lowest BCUT2D eigenvalue weighted by Gasteiger charge is -2.05. The SMILES string of the molecule is CC(=O)NCCCCCCCCNC(=O)COCC(=O)O. The fraction of sp³-hybridized carbons (Fsp3) is 0.786. The molecule has 0 saturated heterocycles. The molecule has 0 fully saturated rings. The van der Waals surface area contributed by atoms with Crippen LogP contribution in [0.4, 0.5) is 0 Å². The predicted molar refractivity (Wildman–Crippen MR) is 77.9 cm³/mol. The van der Waals surface area contributed by atoms with Crippen molar-refractivity contribution < 1.29 is 24.2 Å². The zero-order valence-electron chi connectivity index (χ0n) is 12.7. The van der Waals surface area contributed by atoms with Crippen molar-refractivity contribution in [2.45, 2.75) is 45.4 Å². The number of nitrogens with one attached hydrogen (secondary N) is 2. The van der Waals surface area contributed by atoms with Gasteiger partial charge in [0.2, 0.25) is 11.8 Å². The summed E-state index contributed by atoms with van der Waals surface area (Å²) in [7, 11) is 0. The second kappa shape index (κ2) is 13.4. The van der Waals surface area contributed by atoms with Crippen molar-refractivity contribution in [3.8, 4) is 0 Å². The number of carboxylic acid groups (broad SMARTS) is 1. The van der Waals surface area contributed by atoms with E-state index in [0.29, 0.717) is 6.54 Å². The second-order valence-electron chi connectivity index (χ2n) is 4.84. The van der Waals surface area contributed by atoms with Crippen LogP contribution in [0, 0.1) is 0 Å². The molecule has 122 valence electrons. The van der Waals surface area contributed by atoms with Gasteiger partial charge in [-0.15, -0.1) is 0 Å². The molecule has 0 aromatic carbocycles. The highest BCUT2D eigenvalue weighted by molar-refractivity contribution is 5.77. The lowest BCUT2D eigenvalue weighted by molar-refractivity contribution is -0.143. The third-order valence-corrected chi connectivity index (χ3v) is 2.76. The van der Waals surface area contributed by atoms with Gasteiger partial charge in [0.25, 0.3) is 0 Å². The summed E-state index contributed by atoms with van der Waals surface area (Å²) in [6.45, 7) is 2.17. The Labute approximate surface area is 125 Å². The number of hydrogen-bond acceptors (Lipinski definition) is 4. The standard InChI is InChI=1S/C14H26N2O5/c1-12(17)15-8-6-4-2-3-5-7-9-16-13(18)10-21-11-14(19)20/h2-11H2,1H3,(H,15,17)(H,16,18)(H,19,20). The van der Waals surface area contributed by atoms with Gasteiger partial charge in [-0.1, -0.05) is 25.7 Å².